The van der Waals surface area contributed by atoms with Gasteiger partial charge < -0.3 is 20.6 Å². The van der Waals surface area contributed by atoms with Gasteiger partial charge in [0.2, 0.25) is 0 Å². The number of nitrogens with one attached hydrogen (secondary N) is 2. The second kappa shape index (κ2) is 8.93. The van der Waals surface area contributed by atoms with E-state index in [1.165, 1.54) is 0 Å². The lowest BCUT2D eigenvalue weighted by molar-refractivity contribution is 0.167. The van der Waals surface area contributed by atoms with Gasteiger partial charge in [-0.15, -0.1) is 0 Å². The topological polar surface area (TPSA) is 64.6 Å². The van der Waals surface area contributed by atoms with Gasteiger partial charge in [0.25, 0.3) is 0 Å². The average molecular weight is 327 g/mol. The van der Waals surface area contributed by atoms with Crippen LogP contribution >= 0.6 is 0 Å². The van der Waals surface area contributed by atoms with Crippen molar-refractivity contribution in [3.8, 4) is 0 Å². The Hall–Kier alpha value is -2.53. The lowest BCUT2D eigenvalue weighted by atomic mass is 10.1. The number of urea groups is 1. The van der Waals surface area contributed by atoms with Crippen molar-refractivity contribution in [3.05, 3.63) is 65.7 Å². The van der Waals surface area contributed by atoms with Crippen molar-refractivity contribution >= 4 is 11.7 Å². The van der Waals surface area contributed by atoms with Crippen molar-refractivity contribution in [1.82, 2.24) is 10.6 Å². The molecule has 0 bridgehead atoms. The molecule has 2 rings (SSSR count). The number of carbonyl (C=O) groups is 1. The zero-order valence-electron chi connectivity index (χ0n) is 14.2. The molecule has 0 fully saturated rings. The van der Waals surface area contributed by atoms with Crippen LogP contribution in [0.2, 0.25) is 0 Å². The van der Waals surface area contributed by atoms with E-state index >= 15 is 0 Å². The smallest absolute Gasteiger partial charge is 0.315 e. The summed E-state index contributed by atoms with van der Waals surface area (Å²) in [5, 5.41) is 15.6. The molecule has 5 heteroatoms. The summed E-state index contributed by atoms with van der Waals surface area (Å²) in [6.07, 6.45) is -0.0867. The number of amides is 2. The van der Waals surface area contributed by atoms with Crippen LogP contribution in [0.15, 0.2) is 54.6 Å². The minimum Gasteiger partial charge on any atom is -0.388 e. The molecule has 0 aliphatic carbocycles. The van der Waals surface area contributed by atoms with Crippen LogP contribution < -0.4 is 15.5 Å². The average Bonchev–Trinajstić information content (AvgIpc) is 2.61. The second-order valence-corrected chi connectivity index (χ2v) is 5.89. The molecule has 1 unspecified atom stereocenters. The molecule has 0 heterocycles. The summed E-state index contributed by atoms with van der Waals surface area (Å²) in [4.78, 5) is 13.9. The van der Waals surface area contributed by atoms with E-state index in [2.05, 4.69) is 10.6 Å². The Balaban J connectivity index is 1.71. The van der Waals surface area contributed by atoms with Gasteiger partial charge in [0, 0.05) is 32.9 Å². The van der Waals surface area contributed by atoms with E-state index < -0.39 is 6.10 Å². The summed E-state index contributed by atoms with van der Waals surface area (Å²) in [6, 6.07) is 17.2. The van der Waals surface area contributed by atoms with Crippen LogP contribution in [0.5, 0.6) is 0 Å². The first-order valence-electron chi connectivity index (χ1n) is 8.07. The molecule has 0 aliphatic heterocycles. The molecule has 3 N–H and O–H groups in total. The van der Waals surface area contributed by atoms with Crippen LogP contribution in [0.25, 0.3) is 0 Å². The Morgan fingerprint density at radius 1 is 1.08 bits per heavy atom. The molecule has 128 valence electrons. The van der Waals surface area contributed by atoms with Gasteiger partial charge in [0.15, 0.2) is 0 Å². The molecule has 1 atom stereocenters. The van der Waals surface area contributed by atoms with Gasteiger partial charge in [-0.05, 0) is 29.7 Å². The molecule has 0 radical (unpaired) electrons. The first kappa shape index (κ1) is 17.8. The number of carbonyl (C=O) groups excluding carboxylic acids is 1. The molecule has 0 saturated heterocycles. The number of benzene rings is 2. The molecule has 0 aliphatic rings. The van der Waals surface area contributed by atoms with Crippen LogP contribution in [-0.2, 0) is 6.54 Å². The molecule has 2 amide bonds. The van der Waals surface area contributed by atoms with Gasteiger partial charge in [0.05, 0.1) is 6.10 Å². The SMILES string of the molecule is CN(C)c1cccc(CNC(=O)NCCC(O)c2ccccc2)c1. The fourth-order valence-electron chi connectivity index (χ4n) is 2.35. The lowest BCUT2D eigenvalue weighted by Gasteiger charge is -2.14. The lowest BCUT2D eigenvalue weighted by Crippen LogP contribution is -2.36. The molecule has 0 spiro atoms. The first-order valence-corrected chi connectivity index (χ1v) is 8.07. The van der Waals surface area contributed by atoms with Crippen LogP contribution in [0.3, 0.4) is 0 Å². The van der Waals surface area contributed by atoms with Crippen molar-refractivity contribution in [3.63, 3.8) is 0 Å². The second-order valence-electron chi connectivity index (χ2n) is 5.89. The van der Waals surface area contributed by atoms with E-state index in [0.29, 0.717) is 19.5 Å². The molecule has 0 aromatic heterocycles. The number of hydrogen-bond acceptors (Lipinski definition) is 3. The molecule has 0 saturated carbocycles. The van der Waals surface area contributed by atoms with Crippen molar-refractivity contribution in [2.75, 3.05) is 25.5 Å². The zero-order valence-corrected chi connectivity index (χ0v) is 14.2. The Morgan fingerprint density at radius 3 is 2.54 bits per heavy atom. The molecule has 24 heavy (non-hydrogen) atoms. The van der Waals surface area contributed by atoms with E-state index in [9.17, 15) is 9.90 Å². The van der Waals surface area contributed by atoms with Crippen molar-refractivity contribution in [2.24, 2.45) is 0 Å². The quantitative estimate of drug-likeness (QED) is 0.732. The number of hydrogen-bond donors (Lipinski definition) is 3. The maximum atomic E-state index is 11.8. The number of rotatable bonds is 7. The Labute approximate surface area is 143 Å². The maximum absolute atomic E-state index is 11.8. The zero-order chi connectivity index (χ0) is 17.4. The fourth-order valence-corrected chi connectivity index (χ4v) is 2.35. The summed E-state index contributed by atoms with van der Waals surface area (Å²) < 4.78 is 0. The van der Waals surface area contributed by atoms with Crippen LogP contribution in [0, 0.1) is 0 Å². The van der Waals surface area contributed by atoms with Crippen LogP contribution in [0.4, 0.5) is 10.5 Å². The fraction of sp³-hybridized carbons (Fsp3) is 0.316. The van der Waals surface area contributed by atoms with Crippen molar-refractivity contribution in [1.29, 1.82) is 0 Å². The van der Waals surface area contributed by atoms with Gasteiger partial charge in [-0.2, -0.15) is 0 Å². The third-order valence-corrected chi connectivity index (χ3v) is 3.77. The van der Waals surface area contributed by atoms with Crippen molar-refractivity contribution < 1.29 is 9.90 Å². The van der Waals surface area contributed by atoms with E-state index in [4.69, 9.17) is 0 Å². The Kier molecular flexibility index (Phi) is 6.63. The van der Waals surface area contributed by atoms with Gasteiger partial charge in [-0.1, -0.05) is 42.5 Å². The molecule has 5 nitrogen and oxygen atoms in total. The molecule has 2 aromatic carbocycles. The number of aliphatic hydroxyl groups excluding tert-OH is 1. The highest BCUT2D eigenvalue weighted by Crippen LogP contribution is 2.15. The number of anilines is 1. The summed E-state index contributed by atoms with van der Waals surface area (Å²) in [5.41, 5.74) is 3.00. The molecule has 2 aromatic rings. The number of aliphatic hydroxyl groups is 1. The van der Waals surface area contributed by atoms with Gasteiger partial charge in [-0.25, -0.2) is 4.79 Å². The van der Waals surface area contributed by atoms with E-state index in [-0.39, 0.29) is 6.03 Å². The third kappa shape index (κ3) is 5.59. The first-order chi connectivity index (χ1) is 11.6. The summed E-state index contributed by atoms with van der Waals surface area (Å²) >= 11 is 0. The Morgan fingerprint density at radius 2 is 1.83 bits per heavy atom. The largest absolute Gasteiger partial charge is 0.388 e. The third-order valence-electron chi connectivity index (χ3n) is 3.77. The maximum Gasteiger partial charge on any atom is 0.315 e. The highest BCUT2D eigenvalue weighted by atomic mass is 16.3. The Bertz CT molecular complexity index is 644. The van der Waals surface area contributed by atoms with Gasteiger partial charge >= 0.3 is 6.03 Å². The van der Waals surface area contributed by atoms with Crippen LogP contribution in [0.1, 0.15) is 23.7 Å². The monoisotopic (exact) mass is 327 g/mol. The van der Waals surface area contributed by atoms with E-state index in [1.54, 1.807) is 0 Å². The van der Waals surface area contributed by atoms with E-state index in [1.807, 2.05) is 73.6 Å². The van der Waals surface area contributed by atoms with Gasteiger partial charge in [-0.3, -0.25) is 0 Å². The van der Waals surface area contributed by atoms with Crippen LogP contribution in [-0.4, -0.2) is 31.8 Å². The minimum absolute atomic E-state index is 0.231. The summed E-state index contributed by atoms with van der Waals surface area (Å²) in [5.74, 6) is 0. The predicted octanol–water partition coefficient (Wildman–Crippen LogP) is 2.68. The summed E-state index contributed by atoms with van der Waals surface area (Å²) in [7, 11) is 3.97. The van der Waals surface area contributed by atoms with E-state index in [0.717, 1.165) is 16.8 Å². The van der Waals surface area contributed by atoms with Crippen molar-refractivity contribution in [2.45, 2.75) is 19.1 Å². The highest BCUT2D eigenvalue weighted by Gasteiger charge is 2.07. The predicted molar refractivity (Wildman–Crippen MR) is 97.0 cm³/mol. The molecular formula is C19H25N3O2. The molecular weight excluding hydrogens is 302 g/mol. The standard InChI is InChI=1S/C19H25N3O2/c1-22(2)17-10-6-7-15(13-17)14-21-19(24)20-12-11-18(23)16-8-4-3-5-9-16/h3-10,13,18,23H,11-12,14H2,1-2H3,(H2,20,21,24). The normalized spacial score (nSPS) is 11.6. The van der Waals surface area contributed by atoms with Gasteiger partial charge in [0.1, 0.15) is 0 Å². The summed E-state index contributed by atoms with van der Waals surface area (Å²) in [6.45, 7) is 0.883. The highest BCUT2D eigenvalue weighted by molar-refractivity contribution is 5.73. The minimum atomic E-state index is -0.566. The number of nitrogens with zero attached hydrogens (tertiary/aromatic N) is 1.